The van der Waals surface area contributed by atoms with Crippen LogP contribution < -0.4 is 0 Å². The third-order valence-electron chi connectivity index (χ3n) is 5.82. The Morgan fingerprint density at radius 1 is 1.50 bits per heavy atom. The third kappa shape index (κ3) is 3.12. The van der Waals surface area contributed by atoms with Gasteiger partial charge in [0.05, 0.1) is 23.7 Å². The van der Waals surface area contributed by atoms with Crippen molar-refractivity contribution in [3.63, 3.8) is 0 Å². The Labute approximate surface area is 163 Å². The van der Waals surface area contributed by atoms with Crippen molar-refractivity contribution in [2.75, 3.05) is 13.2 Å². The van der Waals surface area contributed by atoms with Crippen LogP contribution in [-0.4, -0.2) is 39.0 Å². The van der Waals surface area contributed by atoms with Gasteiger partial charge in [-0.2, -0.15) is 5.10 Å². The summed E-state index contributed by atoms with van der Waals surface area (Å²) in [6.45, 7) is 7.94. The number of fused-ring (bicyclic) bond motifs is 2. The van der Waals surface area contributed by atoms with E-state index in [0.717, 1.165) is 48.8 Å². The first kappa shape index (κ1) is 18.4. The second-order valence-electron chi connectivity index (χ2n) is 7.39. The molecular formula is C19H26ClN3O2S. The molecule has 1 spiro atoms. The van der Waals surface area contributed by atoms with Gasteiger partial charge in [0.1, 0.15) is 5.60 Å². The number of piperidine rings is 1. The molecule has 26 heavy (non-hydrogen) atoms. The molecule has 5 nitrogen and oxygen atoms in total. The van der Waals surface area contributed by atoms with Crippen molar-refractivity contribution in [2.24, 2.45) is 0 Å². The topological polar surface area (TPSA) is 50.5 Å². The van der Waals surface area contributed by atoms with E-state index in [1.165, 1.54) is 16.0 Å². The lowest BCUT2D eigenvalue weighted by Crippen LogP contribution is -2.50. The molecule has 0 radical (unpaired) electrons. The van der Waals surface area contributed by atoms with Crippen molar-refractivity contribution < 1.29 is 9.84 Å². The molecular weight excluding hydrogens is 370 g/mol. The lowest BCUT2D eigenvalue weighted by Gasteiger charge is -2.47. The van der Waals surface area contributed by atoms with Gasteiger partial charge >= 0.3 is 0 Å². The van der Waals surface area contributed by atoms with Crippen LogP contribution >= 0.6 is 22.9 Å². The van der Waals surface area contributed by atoms with Gasteiger partial charge in [-0.25, -0.2) is 0 Å². The maximum Gasteiger partial charge on any atom is 0.105 e. The monoisotopic (exact) mass is 395 g/mol. The summed E-state index contributed by atoms with van der Waals surface area (Å²) in [5.41, 5.74) is 3.18. The van der Waals surface area contributed by atoms with E-state index in [9.17, 15) is 5.11 Å². The molecule has 2 aliphatic rings. The van der Waals surface area contributed by atoms with Gasteiger partial charge in [0.15, 0.2) is 0 Å². The molecule has 1 N–H and O–H groups in total. The molecule has 4 rings (SSSR count). The van der Waals surface area contributed by atoms with Gasteiger partial charge < -0.3 is 9.84 Å². The molecule has 1 saturated heterocycles. The zero-order valence-corrected chi connectivity index (χ0v) is 16.9. The molecule has 0 bridgehead atoms. The van der Waals surface area contributed by atoms with Gasteiger partial charge in [0, 0.05) is 47.9 Å². The number of aliphatic hydroxyl groups is 1. The summed E-state index contributed by atoms with van der Waals surface area (Å²) in [6.07, 6.45) is 6.89. The lowest BCUT2D eigenvalue weighted by atomic mass is 9.81. The van der Waals surface area contributed by atoms with Crippen LogP contribution in [-0.2, 0) is 36.5 Å². The van der Waals surface area contributed by atoms with E-state index in [1.54, 1.807) is 11.3 Å². The Bertz CT molecular complexity index is 790. The van der Waals surface area contributed by atoms with Gasteiger partial charge in [0.2, 0.25) is 0 Å². The average molecular weight is 396 g/mol. The fourth-order valence-electron chi connectivity index (χ4n) is 4.39. The van der Waals surface area contributed by atoms with Crippen LogP contribution in [0.5, 0.6) is 0 Å². The predicted molar refractivity (Wildman–Crippen MR) is 104 cm³/mol. The van der Waals surface area contributed by atoms with Crippen LogP contribution in [0.1, 0.15) is 48.3 Å². The molecule has 2 aromatic rings. The highest BCUT2D eigenvalue weighted by Gasteiger charge is 2.45. The highest BCUT2D eigenvalue weighted by molar-refractivity contribution is 7.16. The van der Waals surface area contributed by atoms with Crippen LogP contribution in [0.15, 0.2) is 12.4 Å². The number of ether oxygens (including phenoxy) is 1. The summed E-state index contributed by atoms with van der Waals surface area (Å²) in [7, 11) is 0. The quantitative estimate of drug-likeness (QED) is 0.859. The molecule has 0 aliphatic carbocycles. The summed E-state index contributed by atoms with van der Waals surface area (Å²) in [6, 6.07) is 0.415. The van der Waals surface area contributed by atoms with Gasteiger partial charge in [-0.3, -0.25) is 9.58 Å². The van der Waals surface area contributed by atoms with Crippen molar-refractivity contribution >= 4 is 22.9 Å². The first-order valence-corrected chi connectivity index (χ1v) is 10.6. The van der Waals surface area contributed by atoms with Gasteiger partial charge in [-0.1, -0.05) is 11.6 Å². The molecule has 4 heterocycles. The number of rotatable bonds is 4. The summed E-state index contributed by atoms with van der Waals surface area (Å²) in [5.74, 6) is 0. The minimum Gasteiger partial charge on any atom is -0.392 e. The van der Waals surface area contributed by atoms with E-state index in [0.29, 0.717) is 12.6 Å². The van der Waals surface area contributed by atoms with Crippen molar-refractivity contribution in [3.05, 3.63) is 38.3 Å². The Morgan fingerprint density at radius 2 is 2.35 bits per heavy atom. The summed E-state index contributed by atoms with van der Waals surface area (Å²) >= 11 is 8.02. The minimum atomic E-state index is -0.237. The molecule has 0 amide bonds. The molecule has 0 saturated carbocycles. The van der Waals surface area contributed by atoms with Crippen molar-refractivity contribution in [3.8, 4) is 0 Å². The van der Waals surface area contributed by atoms with E-state index in [4.69, 9.17) is 16.3 Å². The number of aryl methyl sites for hydroxylation is 1. The van der Waals surface area contributed by atoms with Gasteiger partial charge in [0.25, 0.3) is 0 Å². The molecule has 142 valence electrons. The zero-order valence-electron chi connectivity index (χ0n) is 15.4. The van der Waals surface area contributed by atoms with E-state index < -0.39 is 0 Å². The summed E-state index contributed by atoms with van der Waals surface area (Å²) < 4.78 is 9.07. The molecule has 2 aromatic heterocycles. The van der Waals surface area contributed by atoms with Gasteiger partial charge in [-0.05, 0) is 38.7 Å². The summed E-state index contributed by atoms with van der Waals surface area (Å²) in [4.78, 5) is 3.77. The first-order chi connectivity index (χ1) is 12.6. The molecule has 2 aliphatic heterocycles. The fourth-order valence-corrected chi connectivity index (χ4v) is 6.07. The SMILES string of the molecule is CCn1cc(CN2CC[C@]3(C[C@@H]2C)OCCc2c3sc(Cl)c2CO)cn1. The lowest BCUT2D eigenvalue weighted by molar-refractivity contribution is -0.110. The Hall–Kier alpha value is -0.920. The second kappa shape index (κ2) is 7.24. The highest BCUT2D eigenvalue weighted by Crippen LogP contribution is 2.49. The zero-order chi connectivity index (χ0) is 18.3. The maximum atomic E-state index is 9.70. The fraction of sp³-hybridized carbons (Fsp3) is 0.632. The number of nitrogens with zero attached hydrogens (tertiary/aromatic N) is 3. The van der Waals surface area contributed by atoms with Crippen LogP contribution in [0.3, 0.4) is 0 Å². The Morgan fingerprint density at radius 3 is 3.04 bits per heavy atom. The van der Waals surface area contributed by atoms with Gasteiger partial charge in [-0.15, -0.1) is 11.3 Å². The van der Waals surface area contributed by atoms with E-state index in [1.807, 2.05) is 10.9 Å². The Kier molecular flexibility index (Phi) is 5.14. The highest BCUT2D eigenvalue weighted by atomic mass is 35.5. The minimum absolute atomic E-state index is 0.0177. The van der Waals surface area contributed by atoms with E-state index >= 15 is 0 Å². The first-order valence-electron chi connectivity index (χ1n) is 9.37. The number of thiophene rings is 1. The normalized spacial score (nSPS) is 26.4. The maximum absolute atomic E-state index is 9.70. The predicted octanol–water partition coefficient (Wildman–Crippen LogP) is 3.56. The van der Waals surface area contributed by atoms with Crippen LogP contribution in [0, 0.1) is 0 Å². The number of aromatic nitrogens is 2. The summed E-state index contributed by atoms with van der Waals surface area (Å²) in [5, 5.41) is 14.1. The van der Waals surface area contributed by atoms with Crippen molar-refractivity contribution in [1.29, 1.82) is 0 Å². The number of halogens is 1. The molecule has 0 aromatic carbocycles. The standard InChI is InChI=1S/C19H26ClN3O2S/c1-3-23-11-14(9-21-23)10-22-6-5-19(8-13(22)2)17-15(4-7-25-19)16(12-24)18(20)26-17/h9,11,13,24H,3-8,10,12H2,1-2H3/t13-,19+/m0/s1. The number of likely N-dealkylation sites (tertiary alicyclic amines) is 1. The number of aliphatic hydroxyl groups excluding tert-OH is 1. The largest absolute Gasteiger partial charge is 0.392 e. The molecule has 2 atom stereocenters. The number of hydrogen-bond acceptors (Lipinski definition) is 5. The molecule has 7 heteroatoms. The second-order valence-corrected chi connectivity index (χ2v) is 9.01. The van der Waals surface area contributed by atoms with Crippen LogP contribution in [0.2, 0.25) is 4.34 Å². The number of hydrogen-bond donors (Lipinski definition) is 1. The van der Waals surface area contributed by atoms with E-state index in [-0.39, 0.29) is 12.2 Å². The van der Waals surface area contributed by atoms with Crippen LogP contribution in [0.4, 0.5) is 0 Å². The van der Waals surface area contributed by atoms with Crippen LogP contribution in [0.25, 0.3) is 0 Å². The smallest absolute Gasteiger partial charge is 0.105 e. The molecule has 1 fully saturated rings. The molecule has 0 unspecified atom stereocenters. The van der Waals surface area contributed by atoms with Crippen molar-refractivity contribution in [2.45, 2.75) is 64.4 Å². The van der Waals surface area contributed by atoms with E-state index in [2.05, 4.69) is 30.0 Å². The third-order valence-corrected chi connectivity index (χ3v) is 7.53. The Balaban J connectivity index is 1.53. The van der Waals surface area contributed by atoms with Crippen molar-refractivity contribution in [1.82, 2.24) is 14.7 Å². The average Bonchev–Trinajstić information content (AvgIpc) is 3.22.